The van der Waals surface area contributed by atoms with Gasteiger partial charge in [-0.3, -0.25) is 4.79 Å². The standard InChI is InChI=1S/C13H5N5O.C13H4N4O/c14-5-9-10(6-15)17-13-11(16-9)7-3-1-2-4-8(7)12(13)18-19;14-5-9-10(6-15)17-12-11(16-9)7-3-1-2-4-8(7)13(12)18/h1-4,17H;1-4H. The molecule has 0 unspecified atom stereocenters. The van der Waals surface area contributed by atoms with Crippen molar-refractivity contribution in [1.29, 1.82) is 21.0 Å². The fraction of sp³-hybridized carbons (Fsp3) is 0. The van der Waals surface area contributed by atoms with Crippen molar-refractivity contribution in [3.63, 3.8) is 0 Å². The summed E-state index contributed by atoms with van der Waals surface area (Å²) in [5.41, 5.74) is 2.61. The number of H-pyrrole nitrogens is 1. The first-order chi connectivity index (χ1) is 18.1. The fourth-order valence-electron chi connectivity index (χ4n) is 4.07. The first-order valence-electron chi connectivity index (χ1n) is 10.5. The molecule has 0 spiro atoms. The lowest BCUT2D eigenvalue weighted by atomic mass is 10.1. The summed E-state index contributed by atoms with van der Waals surface area (Å²) < 4.78 is 0. The van der Waals surface area contributed by atoms with Crippen LogP contribution in [0.15, 0.2) is 53.7 Å². The van der Waals surface area contributed by atoms with E-state index in [1.54, 1.807) is 48.5 Å². The highest BCUT2D eigenvalue weighted by molar-refractivity contribution is 6.19. The van der Waals surface area contributed by atoms with Gasteiger partial charge in [0.25, 0.3) is 0 Å². The Labute approximate surface area is 207 Å². The summed E-state index contributed by atoms with van der Waals surface area (Å²) in [7, 11) is 0. The molecule has 0 atom stereocenters. The third kappa shape index (κ3) is 3.41. The lowest BCUT2D eigenvalue weighted by Crippen LogP contribution is -2.03. The molecular formula is C26H9N9O2. The number of nitrogens with zero attached hydrogens (tertiary/aromatic N) is 8. The van der Waals surface area contributed by atoms with Crippen molar-refractivity contribution in [2.45, 2.75) is 0 Å². The summed E-state index contributed by atoms with van der Waals surface area (Å²) in [6.45, 7) is 0. The van der Waals surface area contributed by atoms with Gasteiger partial charge in [0, 0.05) is 21.9 Å². The average molecular weight is 479 g/mol. The molecule has 11 heteroatoms. The molecule has 3 aromatic rings. The molecule has 1 aliphatic heterocycles. The van der Waals surface area contributed by atoms with E-state index >= 15 is 0 Å². The molecule has 2 aromatic carbocycles. The summed E-state index contributed by atoms with van der Waals surface area (Å²) in [5.74, 6) is -0.255. The van der Waals surface area contributed by atoms with Gasteiger partial charge in [-0.05, 0) is 5.18 Å². The Morgan fingerprint density at radius 1 is 0.676 bits per heavy atom. The van der Waals surface area contributed by atoms with Crippen molar-refractivity contribution in [1.82, 2.24) is 19.9 Å². The van der Waals surface area contributed by atoms with Crippen LogP contribution in [0.2, 0.25) is 0 Å². The largest absolute Gasteiger partial charge is 0.341 e. The van der Waals surface area contributed by atoms with Crippen molar-refractivity contribution in [3.05, 3.63) is 87.5 Å². The van der Waals surface area contributed by atoms with Crippen molar-refractivity contribution in [3.8, 4) is 46.9 Å². The van der Waals surface area contributed by atoms with Crippen molar-refractivity contribution >= 4 is 22.2 Å². The van der Waals surface area contributed by atoms with Crippen LogP contribution in [-0.4, -0.2) is 25.7 Å². The van der Waals surface area contributed by atoms with Crippen molar-refractivity contribution in [2.24, 2.45) is 5.18 Å². The molecule has 0 bridgehead atoms. The number of nitroso groups, excluding NO2 is 1. The molecule has 2 aliphatic carbocycles. The Bertz CT molecular complexity index is 1930. The van der Waals surface area contributed by atoms with Gasteiger partial charge in [0.1, 0.15) is 41.4 Å². The number of nitrogens with one attached hydrogen (secondary N) is 1. The summed E-state index contributed by atoms with van der Waals surface area (Å²) in [6.07, 6.45) is 0. The number of carbonyl (C=O) groups is 1. The number of benzene rings is 2. The Balaban J connectivity index is 0.000000152. The van der Waals surface area contributed by atoms with Gasteiger partial charge >= 0.3 is 0 Å². The Morgan fingerprint density at radius 3 is 1.86 bits per heavy atom. The Morgan fingerprint density at radius 2 is 1.24 bits per heavy atom. The summed E-state index contributed by atoms with van der Waals surface area (Å²) in [5, 5.41) is 40.1. The van der Waals surface area contributed by atoms with Gasteiger partial charge < -0.3 is 4.98 Å². The smallest absolute Gasteiger partial charge is 0.214 e. The van der Waals surface area contributed by atoms with E-state index in [0.29, 0.717) is 33.6 Å². The quantitative estimate of drug-likeness (QED) is 0.335. The van der Waals surface area contributed by atoms with Gasteiger partial charge in [0.2, 0.25) is 5.78 Å². The zero-order chi connectivity index (χ0) is 26.1. The highest BCUT2D eigenvalue weighted by Gasteiger charge is 2.31. The minimum Gasteiger partial charge on any atom is -0.341 e. The third-order valence-electron chi connectivity index (χ3n) is 5.68. The van der Waals surface area contributed by atoms with Gasteiger partial charge in [0.15, 0.2) is 22.8 Å². The zero-order valence-electron chi connectivity index (χ0n) is 18.5. The summed E-state index contributed by atoms with van der Waals surface area (Å²) >= 11 is 0. The number of fused-ring (bicyclic) bond motifs is 6. The van der Waals surface area contributed by atoms with E-state index in [2.05, 4.69) is 25.1 Å². The topological polar surface area (TPSA) is 196 Å². The molecule has 0 saturated heterocycles. The predicted octanol–water partition coefficient (Wildman–Crippen LogP) is 4.24. The molecule has 37 heavy (non-hydrogen) atoms. The first kappa shape index (κ1) is 22.5. The maximum Gasteiger partial charge on any atom is 0.214 e. The number of ketones is 1. The molecule has 3 aliphatic rings. The van der Waals surface area contributed by atoms with Crippen molar-refractivity contribution in [2.75, 3.05) is 0 Å². The molecule has 0 amide bonds. The fourth-order valence-corrected chi connectivity index (χ4v) is 4.07. The number of hydrogen-bond donors (Lipinski definition) is 1. The summed E-state index contributed by atoms with van der Waals surface area (Å²) in [4.78, 5) is 38.0. The molecule has 1 aromatic heterocycles. The Hall–Kier alpha value is -6.30. The zero-order valence-corrected chi connectivity index (χ0v) is 18.5. The van der Waals surface area contributed by atoms with Gasteiger partial charge in [-0.25, -0.2) is 15.0 Å². The third-order valence-corrected chi connectivity index (χ3v) is 5.68. The number of nitriles is 4. The normalized spacial score (nSPS) is 10.8. The van der Waals surface area contributed by atoms with E-state index in [-0.39, 0.29) is 39.9 Å². The van der Waals surface area contributed by atoms with Crippen molar-refractivity contribution < 1.29 is 4.79 Å². The molecule has 0 saturated carbocycles. The molecule has 2 heterocycles. The van der Waals surface area contributed by atoms with Gasteiger partial charge in [-0.15, -0.1) is 4.91 Å². The number of aromatic nitrogens is 4. The number of carbonyl (C=O) groups excluding carboxylic acids is 1. The second-order valence-corrected chi connectivity index (χ2v) is 7.61. The van der Waals surface area contributed by atoms with Crippen LogP contribution in [0.5, 0.6) is 0 Å². The highest BCUT2D eigenvalue weighted by atomic mass is 16.3. The SMILES string of the molecule is N#Cc1nc2c(nc1C#N)-c1ccccc1C2=O.N#Cc1nc2c3ccccc3c(N=O)c-2[nH]c1C#N. The van der Waals surface area contributed by atoms with Crippen LogP contribution in [0.1, 0.15) is 38.8 Å². The number of rotatable bonds is 1. The van der Waals surface area contributed by atoms with E-state index in [1.165, 1.54) is 0 Å². The highest BCUT2D eigenvalue weighted by Crippen LogP contribution is 2.42. The van der Waals surface area contributed by atoms with E-state index in [9.17, 15) is 9.70 Å². The van der Waals surface area contributed by atoms with Crippen LogP contribution in [0.3, 0.4) is 0 Å². The predicted molar refractivity (Wildman–Crippen MR) is 128 cm³/mol. The molecule has 11 nitrogen and oxygen atoms in total. The lowest BCUT2D eigenvalue weighted by molar-refractivity contribution is 0.103. The maximum atomic E-state index is 12.1. The average Bonchev–Trinajstić information content (AvgIpc) is 3.42. The minimum absolute atomic E-state index is 0.00296. The maximum absolute atomic E-state index is 12.1. The van der Waals surface area contributed by atoms with E-state index in [1.807, 2.05) is 24.3 Å². The first-order valence-corrected chi connectivity index (χ1v) is 10.5. The molecule has 170 valence electrons. The van der Waals surface area contributed by atoms with Crippen LogP contribution in [-0.2, 0) is 0 Å². The van der Waals surface area contributed by atoms with E-state index in [0.717, 1.165) is 5.39 Å². The second kappa shape index (κ2) is 8.81. The number of hydrogen-bond acceptors (Lipinski definition) is 10. The molecule has 0 radical (unpaired) electrons. The van der Waals surface area contributed by atoms with Crippen LogP contribution in [0.4, 0.5) is 5.69 Å². The minimum atomic E-state index is -0.255. The Kier molecular flexibility index (Phi) is 5.35. The van der Waals surface area contributed by atoms with Crippen LogP contribution >= 0.6 is 0 Å². The summed E-state index contributed by atoms with van der Waals surface area (Å²) in [6, 6.07) is 21.4. The molecular weight excluding hydrogens is 470 g/mol. The molecule has 0 fully saturated rings. The second-order valence-electron chi connectivity index (χ2n) is 7.61. The van der Waals surface area contributed by atoms with Gasteiger partial charge in [-0.2, -0.15) is 21.0 Å². The van der Waals surface area contributed by atoms with Gasteiger partial charge in [-0.1, -0.05) is 48.5 Å². The van der Waals surface area contributed by atoms with E-state index in [4.69, 9.17) is 21.0 Å². The van der Waals surface area contributed by atoms with Gasteiger partial charge in [0.05, 0.1) is 11.4 Å². The number of aromatic amines is 1. The molecule has 1 N–H and O–H groups in total. The lowest BCUT2D eigenvalue weighted by Gasteiger charge is -2.02. The van der Waals surface area contributed by atoms with Crippen LogP contribution in [0, 0.1) is 50.2 Å². The van der Waals surface area contributed by atoms with E-state index < -0.39 is 0 Å². The van der Waals surface area contributed by atoms with Crippen LogP contribution < -0.4 is 0 Å². The van der Waals surface area contributed by atoms with Crippen LogP contribution in [0.25, 0.3) is 33.4 Å². The molecule has 6 rings (SSSR count). The monoisotopic (exact) mass is 479 g/mol.